The number of ether oxygens (including phenoxy) is 2. The number of hydrogen-bond acceptors (Lipinski definition) is 5. The summed E-state index contributed by atoms with van der Waals surface area (Å²) in [7, 11) is 0. The number of unbranched alkanes of at least 4 members (excludes halogenated alkanes) is 2. The molecule has 214 valence electrons. The monoisotopic (exact) mass is 558 g/mol. The van der Waals surface area contributed by atoms with Crippen LogP contribution < -0.4 is 14.5 Å². The van der Waals surface area contributed by atoms with Crippen LogP contribution in [0.25, 0.3) is 0 Å². The number of esters is 1. The minimum absolute atomic E-state index is 0.297. The van der Waals surface area contributed by atoms with Crippen molar-refractivity contribution in [3.8, 4) is 11.5 Å². The number of aryl methyl sites for hydroxylation is 1. The number of carbonyl (C=O) groups is 1. The average molecular weight is 559 g/mol. The smallest absolute Gasteiger partial charge is 0.340 e. The van der Waals surface area contributed by atoms with E-state index in [0.717, 1.165) is 97.7 Å². The Balaban J connectivity index is 1.38. The minimum Gasteiger partial charge on any atom is -0.456 e. The van der Waals surface area contributed by atoms with E-state index in [1.165, 1.54) is 11.3 Å². The van der Waals surface area contributed by atoms with Gasteiger partial charge in [-0.3, -0.25) is 0 Å². The Morgan fingerprint density at radius 1 is 0.810 bits per heavy atom. The Hall–Kier alpha value is -4.25. The zero-order chi connectivity index (χ0) is 28.7. The number of nitrogens with zero attached hydrogens (tertiary/aromatic N) is 2. The fourth-order valence-corrected chi connectivity index (χ4v) is 6.88. The summed E-state index contributed by atoms with van der Waals surface area (Å²) in [5, 5.41) is 0. The molecule has 42 heavy (non-hydrogen) atoms. The number of para-hydroxylation sites is 1. The van der Waals surface area contributed by atoms with Gasteiger partial charge in [-0.15, -0.1) is 0 Å². The molecule has 0 fully saturated rings. The van der Waals surface area contributed by atoms with Crippen molar-refractivity contribution >= 4 is 23.0 Å². The summed E-state index contributed by atoms with van der Waals surface area (Å²) >= 11 is 0. The van der Waals surface area contributed by atoms with E-state index >= 15 is 0 Å². The minimum atomic E-state index is -1.07. The van der Waals surface area contributed by atoms with E-state index in [0.29, 0.717) is 5.56 Å². The molecule has 0 N–H and O–H groups in total. The van der Waals surface area contributed by atoms with E-state index in [2.05, 4.69) is 84.3 Å². The van der Waals surface area contributed by atoms with Gasteiger partial charge in [0.05, 0.1) is 5.56 Å². The first-order valence-electron chi connectivity index (χ1n) is 15.5. The summed E-state index contributed by atoms with van der Waals surface area (Å²) in [4.78, 5) is 18.3. The summed E-state index contributed by atoms with van der Waals surface area (Å²) < 4.78 is 13.2. The lowest BCUT2D eigenvalue weighted by atomic mass is 9.77. The molecule has 3 aliphatic rings. The molecule has 0 aliphatic carbocycles. The summed E-state index contributed by atoms with van der Waals surface area (Å²) in [6, 6.07) is 29.3. The van der Waals surface area contributed by atoms with E-state index in [9.17, 15) is 4.79 Å². The highest BCUT2D eigenvalue weighted by atomic mass is 16.6. The van der Waals surface area contributed by atoms with Crippen LogP contribution in [0.15, 0.2) is 84.9 Å². The van der Waals surface area contributed by atoms with Gasteiger partial charge >= 0.3 is 5.97 Å². The fraction of sp³-hybridized carbons (Fsp3) is 0.324. The van der Waals surface area contributed by atoms with Crippen LogP contribution in [-0.4, -0.2) is 25.6 Å². The van der Waals surface area contributed by atoms with Gasteiger partial charge in [-0.05, 0) is 73.7 Å². The molecule has 3 heterocycles. The van der Waals surface area contributed by atoms with Crippen molar-refractivity contribution in [1.82, 2.24) is 0 Å². The number of hydrogen-bond donors (Lipinski definition) is 0. The van der Waals surface area contributed by atoms with Gasteiger partial charge in [0.2, 0.25) is 0 Å². The molecule has 1 spiro atoms. The topological polar surface area (TPSA) is 42.0 Å². The maximum Gasteiger partial charge on any atom is 0.340 e. The highest BCUT2D eigenvalue weighted by molar-refractivity contribution is 5.97. The second kappa shape index (κ2) is 10.9. The highest BCUT2D eigenvalue weighted by Crippen LogP contribution is 2.57. The van der Waals surface area contributed by atoms with Gasteiger partial charge in [0.1, 0.15) is 11.5 Å². The van der Waals surface area contributed by atoms with Crippen molar-refractivity contribution in [2.24, 2.45) is 0 Å². The Kier molecular flexibility index (Phi) is 6.89. The van der Waals surface area contributed by atoms with Gasteiger partial charge in [0.15, 0.2) is 5.60 Å². The molecule has 0 amide bonds. The molecule has 0 radical (unpaired) electrons. The van der Waals surface area contributed by atoms with Gasteiger partial charge in [0, 0.05) is 59.5 Å². The van der Waals surface area contributed by atoms with Crippen molar-refractivity contribution in [1.29, 1.82) is 0 Å². The highest BCUT2D eigenvalue weighted by Gasteiger charge is 2.53. The van der Waals surface area contributed by atoms with Crippen LogP contribution in [0.3, 0.4) is 0 Å². The van der Waals surface area contributed by atoms with Crippen LogP contribution in [0.2, 0.25) is 0 Å². The zero-order valence-electron chi connectivity index (χ0n) is 24.6. The van der Waals surface area contributed by atoms with Crippen LogP contribution in [0.1, 0.15) is 78.6 Å². The quantitative estimate of drug-likeness (QED) is 0.202. The predicted molar refractivity (Wildman–Crippen MR) is 168 cm³/mol. The predicted octanol–water partition coefficient (Wildman–Crippen LogP) is 8.75. The van der Waals surface area contributed by atoms with Gasteiger partial charge in [-0.2, -0.15) is 0 Å². The summed E-state index contributed by atoms with van der Waals surface area (Å²) in [6.45, 7) is 7.42. The first-order valence-corrected chi connectivity index (χ1v) is 15.5. The molecule has 0 saturated carbocycles. The molecule has 1 atom stereocenters. The van der Waals surface area contributed by atoms with E-state index in [4.69, 9.17) is 9.47 Å². The first kappa shape index (κ1) is 26.6. The number of fused-ring (bicyclic) bond motifs is 7. The Labute approximate surface area is 248 Å². The van der Waals surface area contributed by atoms with Gasteiger partial charge in [-0.25, -0.2) is 4.79 Å². The van der Waals surface area contributed by atoms with E-state index in [1.807, 2.05) is 24.3 Å². The number of rotatable bonds is 8. The molecule has 7 rings (SSSR count). The Morgan fingerprint density at radius 3 is 2.43 bits per heavy atom. The number of anilines is 3. The van der Waals surface area contributed by atoms with E-state index in [-0.39, 0.29) is 5.97 Å². The largest absolute Gasteiger partial charge is 0.456 e. The van der Waals surface area contributed by atoms with Crippen LogP contribution >= 0.6 is 0 Å². The lowest BCUT2D eigenvalue weighted by Crippen LogP contribution is -2.34. The number of carbonyl (C=O) groups excluding carboxylic acids is 1. The maximum absolute atomic E-state index is 13.4. The molecular formula is C37H38N2O3. The Morgan fingerprint density at radius 2 is 1.60 bits per heavy atom. The second-order valence-corrected chi connectivity index (χ2v) is 11.7. The molecular weight excluding hydrogens is 520 g/mol. The normalized spacial score (nSPS) is 18.0. The second-order valence-electron chi connectivity index (χ2n) is 11.7. The molecule has 5 nitrogen and oxygen atoms in total. The van der Waals surface area contributed by atoms with Gasteiger partial charge in [-0.1, -0.05) is 63.1 Å². The van der Waals surface area contributed by atoms with Crippen molar-refractivity contribution in [3.63, 3.8) is 0 Å². The first-order chi connectivity index (χ1) is 20.6. The van der Waals surface area contributed by atoms with Crippen LogP contribution in [-0.2, 0) is 16.8 Å². The molecule has 3 aliphatic heterocycles. The van der Waals surface area contributed by atoms with Crippen molar-refractivity contribution < 1.29 is 14.3 Å². The molecule has 4 aromatic rings. The van der Waals surface area contributed by atoms with Gasteiger partial charge in [0.25, 0.3) is 0 Å². The third-order valence-electron chi connectivity index (χ3n) is 9.03. The van der Waals surface area contributed by atoms with Gasteiger partial charge < -0.3 is 19.3 Å². The van der Waals surface area contributed by atoms with Crippen molar-refractivity contribution in [2.45, 2.75) is 58.0 Å². The molecule has 0 saturated heterocycles. The summed E-state index contributed by atoms with van der Waals surface area (Å²) in [5.74, 6) is 1.18. The third-order valence-corrected chi connectivity index (χ3v) is 9.03. The third kappa shape index (κ3) is 4.25. The summed E-state index contributed by atoms with van der Waals surface area (Å²) in [6.07, 6.45) is 6.75. The SMILES string of the molecule is CCCCN(CCCC)c1ccc2c(c1)Oc1ccc(N3CCCc4ccccc43)cc1C21OC(=O)c2ccccc21. The molecule has 4 aromatic carbocycles. The molecule has 0 bridgehead atoms. The lowest BCUT2D eigenvalue weighted by Gasteiger charge is -2.38. The number of benzene rings is 4. The molecule has 1 unspecified atom stereocenters. The Bertz CT molecular complexity index is 1640. The van der Waals surface area contributed by atoms with Crippen LogP contribution in [0, 0.1) is 0 Å². The van der Waals surface area contributed by atoms with E-state index < -0.39 is 5.60 Å². The van der Waals surface area contributed by atoms with Crippen LogP contribution in [0.4, 0.5) is 17.1 Å². The standard InChI is InChI=1S/C37H38N2O3/c1-3-5-21-38(22-6-4-2)27-17-19-31-35(25-27)41-34-20-18-28(39-23-11-13-26-12-7-10-16-33(26)39)24-32(34)37(31)30-15-9-8-14-29(30)36(40)42-37/h7-10,12,14-20,24-25H,3-6,11,13,21-23H2,1-2H3. The zero-order valence-corrected chi connectivity index (χ0v) is 24.6. The van der Waals surface area contributed by atoms with E-state index in [1.54, 1.807) is 0 Å². The van der Waals surface area contributed by atoms with Crippen LogP contribution in [0.5, 0.6) is 11.5 Å². The summed E-state index contributed by atoms with van der Waals surface area (Å²) in [5.41, 5.74) is 6.98. The van der Waals surface area contributed by atoms with Crippen molar-refractivity contribution in [3.05, 3.63) is 113 Å². The molecule has 0 aromatic heterocycles. The fourth-order valence-electron chi connectivity index (χ4n) is 6.88. The average Bonchev–Trinajstić information content (AvgIpc) is 3.33. The maximum atomic E-state index is 13.4. The van der Waals surface area contributed by atoms with Crippen molar-refractivity contribution in [2.75, 3.05) is 29.4 Å². The lowest BCUT2D eigenvalue weighted by molar-refractivity contribution is 0.0224. The molecule has 5 heteroatoms.